The summed E-state index contributed by atoms with van der Waals surface area (Å²) in [6.45, 7) is 3.31. The number of methoxy groups -OCH3 is 1. The number of carbonyl (C=O) groups is 3. The lowest BCUT2D eigenvalue weighted by Gasteiger charge is -2.38. The number of rotatable bonds is 5. The van der Waals surface area contributed by atoms with Gasteiger partial charge >= 0.3 is 0 Å². The first-order valence-electron chi connectivity index (χ1n) is 11.8. The van der Waals surface area contributed by atoms with E-state index in [2.05, 4.69) is 0 Å². The molecule has 2 aromatic rings. The molecule has 2 heterocycles. The van der Waals surface area contributed by atoms with Gasteiger partial charge in [-0.1, -0.05) is 30.3 Å². The summed E-state index contributed by atoms with van der Waals surface area (Å²) in [7, 11) is 1.60. The van der Waals surface area contributed by atoms with Crippen LogP contribution >= 0.6 is 0 Å². The largest absolute Gasteiger partial charge is 0.497 e. The van der Waals surface area contributed by atoms with Gasteiger partial charge in [0.1, 0.15) is 5.75 Å². The molecule has 2 fully saturated rings. The molecule has 178 valence electrons. The van der Waals surface area contributed by atoms with Gasteiger partial charge in [-0.3, -0.25) is 14.4 Å². The van der Waals surface area contributed by atoms with Gasteiger partial charge in [0.2, 0.25) is 11.8 Å². The second kappa shape index (κ2) is 11.0. The first-order valence-corrected chi connectivity index (χ1v) is 11.8. The lowest BCUT2D eigenvalue weighted by atomic mass is 9.94. The standard InChI is InChI=1S/C27H31N3O4/c1-34-24-10-8-22(9-11-24)26(32)29-17-19-30(20-18-29)27(33)23-13-15-28(16-14-23)25(31)12-7-21-5-3-2-4-6-21/h2-12,23H,13-20H2,1H3/b12-7+. The van der Waals surface area contributed by atoms with Crippen LogP contribution in [0.1, 0.15) is 28.8 Å². The summed E-state index contributed by atoms with van der Waals surface area (Å²) in [5.74, 6) is 0.756. The zero-order chi connectivity index (χ0) is 23.9. The van der Waals surface area contributed by atoms with Crippen LogP contribution in [0.4, 0.5) is 0 Å². The average molecular weight is 462 g/mol. The van der Waals surface area contributed by atoms with Gasteiger partial charge in [0.25, 0.3) is 5.91 Å². The molecule has 0 N–H and O–H groups in total. The number of amides is 3. The fourth-order valence-electron chi connectivity index (χ4n) is 4.49. The van der Waals surface area contributed by atoms with Crippen LogP contribution in [0.15, 0.2) is 60.7 Å². The molecule has 2 saturated heterocycles. The second-order valence-corrected chi connectivity index (χ2v) is 8.69. The van der Waals surface area contributed by atoms with E-state index in [0.29, 0.717) is 63.4 Å². The lowest BCUT2D eigenvalue weighted by molar-refractivity contribution is -0.140. The minimum Gasteiger partial charge on any atom is -0.497 e. The Morgan fingerprint density at radius 1 is 0.794 bits per heavy atom. The van der Waals surface area contributed by atoms with E-state index >= 15 is 0 Å². The zero-order valence-electron chi connectivity index (χ0n) is 19.6. The third-order valence-electron chi connectivity index (χ3n) is 6.59. The minimum atomic E-state index is -0.0639. The lowest BCUT2D eigenvalue weighted by Crippen LogP contribution is -2.53. The van der Waals surface area contributed by atoms with Crippen LogP contribution in [0.3, 0.4) is 0 Å². The van der Waals surface area contributed by atoms with Crippen molar-refractivity contribution in [3.8, 4) is 5.75 Å². The van der Waals surface area contributed by atoms with Gasteiger partial charge in [-0.25, -0.2) is 0 Å². The third-order valence-corrected chi connectivity index (χ3v) is 6.59. The summed E-state index contributed by atoms with van der Waals surface area (Å²) >= 11 is 0. The Morgan fingerprint density at radius 3 is 2.03 bits per heavy atom. The van der Waals surface area contributed by atoms with Crippen molar-refractivity contribution in [1.82, 2.24) is 14.7 Å². The topological polar surface area (TPSA) is 70.2 Å². The smallest absolute Gasteiger partial charge is 0.253 e. The molecule has 2 aromatic carbocycles. The first-order chi connectivity index (χ1) is 16.5. The SMILES string of the molecule is COc1ccc(C(=O)N2CCN(C(=O)C3CCN(C(=O)/C=C/c4ccccc4)CC3)CC2)cc1. The summed E-state index contributed by atoms with van der Waals surface area (Å²) in [6, 6.07) is 16.8. The van der Waals surface area contributed by atoms with Gasteiger partial charge < -0.3 is 19.4 Å². The van der Waals surface area contributed by atoms with Gasteiger partial charge in [0.15, 0.2) is 0 Å². The molecule has 7 heteroatoms. The summed E-state index contributed by atoms with van der Waals surface area (Å²) in [4.78, 5) is 43.8. The van der Waals surface area contributed by atoms with Crippen molar-refractivity contribution in [2.75, 3.05) is 46.4 Å². The van der Waals surface area contributed by atoms with Crippen LogP contribution in [0, 0.1) is 5.92 Å². The van der Waals surface area contributed by atoms with E-state index in [1.54, 1.807) is 42.4 Å². The monoisotopic (exact) mass is 461 g/mol. The van der Waals surface area contributed by atoms with Crippen LogP contribution < -0.4 is 4.74 Å². The van der Waals surface area contributed by atoms with Crippen LogP contribution in [-0.4, -0.2) is 78.8 Å². The molecule has 0 aromatic heterocycles. The highest BCUT2D eigenvalue weighted by Gasteiger charge is 2.32. The summed E-state index contributed by atoms with van der Waals surface area (Å²) in [5, 5.41) is 0. The van der Waals surface area contributed by atoms with Crippen molar-refractivity contribution in [1.29, 1.82) is 0 Å². The van der Waals surface area contributed by atoms with Crippen molar-refractivity contribution in [3.63, 3.8) is 0 Å². The van der Waals surface area contributed by atoms with Gasteiger partial charge in [-0.2, -0.15) is 0 Å². The highest BCUT2D eigenvalue weighted by molar-refractivity contribution is 5.94. The number of piperazine rings is 1. The molecule has 7 nitrogen and oxygen atoms in total. The molecule has 0 saturated carbocycles. The van der Waals surface area contributed by atoms with E-state index in [1.807, 2.05) is 46.2 Å². The summed E-state index contributed by atoms with van der Waals surface area (Å²) in [5.41, 5.74) is 1.62. The normalized spacial score (nSPS) is 17.1. The first kappa shape index (κ1) is 23.5. The minimum absolute atomic E-state index is 0.0135. The summed E-state index contributed by atoms with van der Waals surface area (Å²) < 4.78 is 5.15. The predicted octanol–water partition coefficient (Wildman–Crippen LogP) is 2.93. The molecule has 0 aliphatic carbocycles. The maximum absolute atomic E-state index is 13.0. The van der Waals surface area contributed by atoms with Crippen molar-refractivity contribution < 1.29 is 19.1 Å². The molecule has 0 unspecified atom stereocenters. The van der Waals surface area contributed by atoms with Crippen molar-refractivity contribution in [3.05, 3.63) is 71.8 Å². The number of nitrogens with zero attached hydrogens (tertiary/aromatic N) is 3. The number of hydrogen-bond donors (Lipinski definition) is 0. The van der Waals surface area contributed by atoms with Crippen LogP contribution in [-0.2, 0) is 9.59 Å². The van der Waals surface area contributed by atoms with Crippen molar-refractivity contribution in [2.45, 2.75) is 12.8 Å². The molecule has 0 radical (unpaired) electrons. The van der Waals surface area contributed by atoms with Crippen LogP contribution in [0.2, 0.25) is 0 Å². The Balaban J connectivity index is 1.23. The molecule has 0 atom stereocenters. The zero-order valence-corrected chi connectivity index (χ0v) is 19.6. The van der Waals surface area contributed by atoms with E-state index in [0.717, 1.165) is 5.56 Å². The molecule has 34 heavy (non-hydrogen) atoms. The Bertz CT molecular complexity index is 1020. The highest BCUT2D eigenvalue weighted by atomic mass is 16.5. The maximum Gasteiger partial charge on any atom is 0.253 e. The van der Waals surface area contributed by atoms with Crippen molar-refractivity contribution in [2.24, 2.45) is 5.92 Å². The molecule has 3 amide bonds. The van der Waals surface area contributed by atoms with Crippen molar-refractivity contribution >= 4 is 23.8 Å². The highest BCUT2D eigenvalue weighted by Crippen LogP contribution is 2.22. The molecular formula is C27H31N3O4. The van der Waals surface area contributed by atoms with Crippen LogP contribution in [0.25, 0.3) is 6.08 Å². The maximum atomic E-state index is 13.0. The average Bonchev–Trinajstić information content (AvgIpc) is 2.91. The van der Waals surface area contributed by atoms with E-state index in [9.17, 15) is 14.4 Å². The Kier molecular flexibility index (Phi) is 7.62. The Labute approximate surface area is 200 Å². The van der Waals surface area contributed by atoms with Gasteiger partial charge in [0, 0.05) is 56.8 Å². The number of piperidine rings is 1. The fourth-order valence-corrected chi connectivity index (χ4v) is 4.49. The van der Waals surface area contributed by atoms with E-state index in [1.165, 1.54) is 0 Å². The number of ether oxygens (including phenoxy) is 1. The van der Waals surface area contributed by atoms with E-state index in [-0.39, 0.29) is 23.6 Å². The van der Waals surface area contributed by atoms with E-state index in [4.69, 9.17) is 4.74 Å². The number of likely N-dealkylation sites (tertiary alicyclic amines) is 1. The van der Waals surface area contributed by atoms with Gasteiger partial charge in [-0.15, -0.1) is 0 Å². The fraction of sp³-hybridized carbons (Fsp3) is 0.370. The summed E-state index contributed by atoms with van der Waals surface area (Å²) in [6.07, 6.45) is 4.78. The Morgan fingerprint density at radius 2 is 1.41 bits per heavy atom. The molecule has 2 aliphatic heterocycles. The van der Waals surface area contributed by atoms with Gasteiger partial charge in [0.05, 0.1) is 7.11 Å². The molecule has 0 spiro atoms. The second-order valence-electron chi connectivity index (χ2n) is 8.69. The molecular weight excluding hydrogens is 430 g/mol. The molecule has 4 rings (SSSR count). The predicted molar refractivity (Wildman–Crippen MR) is 130 cm³/mol. The molecule has 0 bridgehead atoms. The third kappa shape index (κ3) is 5.65. The van der Waals surface area contributed by atoms with Gasteiger partial charge in [-0.05, 0) is 48.7 Å². The number of carbonyl (C=O) groups excluding carboxylic acids is 3. The number of benzene rings is 2. The number of hydrogen-bond acceptors (Lipinski definition) is 4. The quantitative estimate of drug-likeness (QED) is 0.642. The molecule has 2 aliphatic rings. The van der Waals surface area contributed by atoms with Crippen LogP contribution in [0.5, 0.6) is 5.75 Å². The van der Waals surface area contributed by atoms with E-state index < -0.39 is 0 Å². The Hall–Kier alpha value is -3.61.